The maximum atomic E-state index is 12.6. The maximum Gasteiger partial charge on any atom is 0.310 e. The molecular weight excluding hydrogens is 530 g/mol. The van der Waals surface area contributed by atoms with Gasteiger partial charge in [0.05, 0.1) is 39.5 Å². The van der Waals surface area contributed by atoms with Gasteiger partial charge >= 0.3 is 5.97 Å². The largest absolute Gasteiger partial charge is 0.481 e. The highest BCUT2D eigenvalue weighted by atomic mass is 32.3. The number of carbonyl (C=O) groups is 1. The number of benzene rings is 1. The van der Waals surface area contributed by atoms with Crippen LogP contribution in [0.4, 0.5) is 0 Å². The van der Waals surface area contributed by atoms with E-state index in [1.165, 1.54) is 0 Å². The maximum absolute atomic E-state index is 12.6. The first-order valence-electron chi connectivity index (χ1n) is 13.4. The normalized spacial score (nSPS) is 19.2. The predicted molar refractivity (Wildman–Crippen MR) is 153 cm³/mol. The Bertz CT molecular complexity index is 1580. The smallest absolute Gasteiger partial charge is 0.310 e. The van der Waals surface area contributed by atoms with Gasteiger partial charge in [-0.05, 0) is 75.4 Å². The zero-order valence-corrected chi connectivity index (χ0v) is 24.6. The van der Waals surface area contributed by atoms with E-state index >= 15 is 0 Å². The Kier molecular flexibility index (Phi) is 7.24. The molecule has 0 radical (unpaired) electrons. The first-order chi connectivity index (χ1) is 18.9. The van der Waals surface area contributed by atoms with Crippen LogP contribution in [-0.4, -0.2) is 60.8 Å². The van der Waals surface area contributed by atoms with Crippen LogP contribution in [0.15, 0.2) is 41.4 Å². The van der Waals surface area contributed by atoms with Crippen molar-refractivity contribution in [1.82, 2.24) is 34.1 Å². The highest BCUT2D eigenvalue weighted by Crippen LogP contribution is 2.55. The lowest BCUT2D eigenvalue weighted by Gasteiger charge is -2.42. The highest BCUT2D eigenvalue weighted by molar-refractivity contribution is 8.22. The Morgan fingerprint density at radius 3 is 2.70 bits per heavy atom. The molecule has 0 fully saturated rings. The SMILES string of the molecule is CCn1nnc2c(C)c([C@H](c3cc(CN4C[C@@H](C)Cc5ncccc5S4(O)O)n(C)n3)C(C)(C)C(=O)O)ccc21. The van der Waals surface area contributed by atoms with Crippen molar-refractivity contribution in [2.75, 3.05) is 6.54 Å². The number of hydrogen-bond acceptors (Lipinski definition) is 8. The first kappa shape index (κ1) is 28.2. The van der Waals surface area contributed by atoms with Crippen LogP contribution < -0.4 is 0 Å². The lowest BCUT2D eigenvalue weighted by atomic mass is 9.72. The molecule has 11 nitrogen and oxygen atoms in total. The summed E-state index contributed by atoms with van der Waals surface area (Å²) in [5.74, 6) is -1.38. The third kappa shape index (κ3) is 4.68. The quantitative estimate of drug-likeness (QED) is 0.286. The number of rotatable bonds is 7. The van der Waals surface area contributed by atoms with Crippen molar-refractivity contribution < 1.29 is 19.0 Å². The number of carboxylic acids is 1. The standard InChI is InChI=1S/C28H37N7O4S/c1-7-35-23-11-10-20(18(3)26(23)30-32-35)25(28(4,5)27(36)37)22-14-19(33(6)31-22)16-34-15-17(2)13-21-24(40(34,38)39)9-8-12-29-21/h8-12,14,17,25,38-39H,7,13,15-16H2,1-6H3,(H,36,37)/t17-,25+/m0/s1. The van der Waals surface area contributed by atoms with Gasteiger partial charge in [-0.1, -0.05) is 18.2 Å². The summed E-state index contributed by atoms with van der Waals surface area (Å²) < 4.78 is 28.0. The molecule has 0 aliphatic carbocycles. The fourth-order valence-corrected chi connectivity index (χ4v) is 7.50. The van der Waals surface area contributed by atoms with Crippen LogP contribution >= 0.6 is 10.8 Å². The number of aryl methyl sites for hydroxylation is 3. The van der Waals surface area contributed by atoms with E-state index in [1.807, 2.05) is 36.7 Å². The molecule has 4 aromatic rings. The molecule has 0 amide bonds. The molecule has 1 aliphatic rings. The van der Waals surface area contributed by atoms with E-state index in [0.717, 1.165) is 27.9 Å². The van der Waals surface area contributed by atoms with Crippen LogP contribution in [0, 0.1) is 18.3 Å². The number of carboxylic acid groups (broad SMARTS) is 1. The minimum atomic E-state index is -3.29. The van der Waals surface area contributed by atoms with Gasteiger partial charge in [-0.25, -0.2) is 4.68 Å². The highest BCUT2D eigenvalue weighted by Gasteiger charge is 2.42. The van der Waals surface area contributed by atoms with Crippen molar-refractivity contribution in [3.8, 4) is 0 Å². The van der Waals surface area contributed by atoms with E-state index in [4.69, 9.17) is 5.10 Å². The van der Waals surface area contributed by atoms with Crippen LogP contribution in [0.2, 0.25) is 0 Å². The average Bonchev–Trinajstić information content (AvgIpc) is 3.46. The fraction of sp³-hybridized carbons (Fsp3) is 0.464. The molecule has 5 rings (SSSR count). The molecule has 0 saturated heterocycles. The fourth-order valence-electron chi connectivity index (χ4n) is 5.74. The molecule has 40 heavy (non-hydrogen) atoms. The Morgan fingerprint density at radius 1 is 1.25 bits per heavy atom. The summed E-state index contributed by atoms with van der Waals surface area (Å²) in [5, 5.41) is 23.7. The second kappa shape index (κ2) is 10.3. The van der Waals surface area contributed by atoms with Crippen molar-refractivity contribution in [2.45, 2.75) is 64.9 Å². The van der Waals surface area contributed by atoms with E-state index in [2.05, 4.69) is 22.2 Å². The molecule has 0 bridgehead atoms. The molecule has 4 heterocycles. The van der Waals surface area contributed by atoms with E-state index in [9.17, 15) is 19.0 Å². The summed E-state index contributed by atoms with van der Waals surface area (Å²) in [4.78, 5) is 17.4. The molecule has 0 saturated carbocycles. The second-order valence-corrected chi connectivity index (χ2v) is 13.3. The van der Waals surface area contributed by atoms with Crippen molar-refractivity contribution in [1.29, 1.82) is 0 Å². The van der Waals surface area contributed by atoms with Gasteiger partial charge in [0.25, 0.3) is 0 Å². The summed E-state index contributed by atoms with van der Waals surface area (Å²) in [6.07, 6.45) is 2.33. The van der Waals surface area contributed by atoms with Gasteiger partial charge in [0, 0.05) is 32.3 Å². The molecule has 1 aromatic carbocycles. The van der Waals surface area contributed by atoms with Crippen LogP contribution in [0.25, 0.3) is 11.0 Å². The molecule has 214 valence electrons. The van der Waals surface area contributed by atoms with E-state index < -0.39 is 28.1 Å². The Labute approximate surface area is 235 Å². The van der Waals surface area contributed by atoms with Crippen molar-refractivity contribution >= 4 is 27.8 Å². The van der Waals surface area contributed by atoms with Gasteiger partial charge < -0.3 is 5.11 Å². The molecule has 3 aromatic heterocycles. The Hall–Kier alpha value is -3.32. The number of fused-ring (bicyclic) bond motifs is 2. The number of aromatic nitrogens is 6. The molecule has 1 aliphatic heterocycles. The molecule has 0 spiro atoms. The van der Waals surface area contributed by atoms with Crippen LogP contribution in [-0.2, 0) is 31.4 Å². The number of nitrogens with zero attached hydrogens (tertiary/aromatic N) is 7. The summed E-state index contributed by atoms with van der Waals surface area (Å²) >= 11 is 0. The zero-order chi connectivity index (χ0) is 29.0. The summed E-state index contributed by atoms with van der Waals surface area (Å²) in [6, 6.07) is 9.23. The van der Waals surface area contributed by atoms with Crippen LogP contribution in [0.1, 0.15) is 61.8 Å². The summed E-state index contributed by atoms with van der Waals surface area (Å²) in [5.41, 5.74) is 4.17. The van der Waals surface area contributed by atoms with Crippen LogP contribution in [0.3, 0.4) is 0 Å². The third-order valence-corrected chi connectivity index (χ3v) is 10.0. The Morgan fingerprint density at radius 2 is 2.00 bits per heavy atom. The van der Waals surface area contributed by atoms with Gasteiger partial charge in [0.2, 0.25) is 0 Å². The predicted octanol–water partition coefficient (Wildman–Crippen LogP) is 4.85. The molecule has 0 unspecified atom stereocenters. The number of hydrogen-bond donors (Lipinski definition) is 3. The van der Waals surface area contributed by atoms with Crippen molar-refractivity contribution in [2.24, 2.45) is 18.4 Å². The van der Waals surface area contributed by atoms with E-state index in [1.54, 1.807) is 48.2 Å². The minimum absolute atomic E-state index is 0.152. The van der Waals surface area contributed by atoms with Crippen LogP contribution in [0.5, 0.6) is 0 Å². The van der Waals surface area contributed by atoms with Crippen molar-refractivity contribution in [3.63, 3.8) is 0 Å². The lowest BCUT2D eigenvalue weighted by Crippen LogP contribution is -2.33. The first-order valence-corrected chi connectivity index (χ1v) is 14.9. The van der Waals surface area contributed by atoms with Gasteiger partial charge in [0.1, 0.15) is 5.52 Å². The number of pyridine rings is 1. The minimum Gasteiger partial charge on any atom is -0.481 e. The van der Waals surface area contributed by atoms with E-state index in [-0.39, 0.29) is 12.5 Å². The Balaban J connectivity index is 1.57. The summed E-state index contributed by atoms with van der Waals surface area (Å²) in [6.45, 7) is 10.8. The molecule has 2 atom stereocenters. The molecule has 3 N–H and O–H groups in total. The third-order valence-electron chi connectivity index (χ3n) is 8.06. The van der Waals surface area contributed by atoms with Gasteiger partial charge in [-0.3, -0.25) is 23.6 Å². The monoisotopic (exact) mass is 567 g/mol. The lowest BCUT2D eigenvalue weighted by molar-refractivity contribution is -0.147. The number of aliphatic carboxylic acids is 1. The average molecular weight is 568 g/mol. The summed E-state index contributed by atoms with van der Waals surface area (Å²) in [7, 11) is -1.48. The topological polar surface area (TPSA) is 142 Å². The molecule has 12 heteroatoms. The van der Waals surface area contributed by atoms with Gasteiger partial charge in [-0.2, -0.15) is 9.40 Å². The van der Waals surface area contributed by atoms with Gasteiger partial charge in [0.15, 0.2) is 0 Å². The molecular formula is C28H37N7O4S. The zero-order valence-electron chi connectivity index (χ0n) is 23.7. The van der Waals surface area contributed by atoms with Crippen molar-refractivity contribution in [3.05, 3.63) is 64.7 Å². The second-order valence-electron chi connectivity index (χ2n) is 11.3. The van der Waals surface area contributed by atoms with E-state index in [0.29, 0.717) is 35.8 Å². The van der Waals surface area contributed by atoms with Gasteiger partial charge in [-0.15, -0.1) is 15.9 Å².